The highest BCUT2D eigenvalue weighted by atomic mass is 79.9. The molecule has 1 aromatic carbocycles. The first-order chi connectivity index (χ1) is 10.5. The van der Waals surface area contributed by atoms with Gasteiger partial charge in [0.05, 0.1) is 0 Å². The molecular weight excluding hydrogens is 374 g/mol. The van der Waals surface area contributed by atoms with Gasteiger partial charge in [-0.1, -0.05) is 18.6 Å². The number of rotatable bonds is 6. The fourth-order valence-corrected chi connectivity index (χ4v) is 2.88. The molecule has 0 saturated carbocycles. The first kappa shape index (κ1) is 21.2. The molecule has 0 aliphatic rings. The summed E-state index contributed by atoms with van der Waals surface area (Å²) in [6, 6.07) is 1.08. The summed E-state index contributed by atoms with van der Waals surface area (Å²) in [5.41, 5.74) is -1.94. The first-order valence-corrected chi connectivity index (χ1v) is 11.4. The van der Waals surface area contributed by atoms with E-state index in [1.165, 1.54) is 17.0 Å². The molecule has 0 bridgehead atoms. The van der Waals surface area contributed by atoms with E-state index in [2.05, 4.69) is 26.0 Å². The van der Waals surface area contributed by atoms with Crippen LogP contribution in [0.1, 0.15) is 24.0 Å². The van der Waals surface area contributed by atoms with E-state index in [9.17, 15) is 17.6 Å². The summed E-state index contributed by atoms with van der Waals surface area (Å²) in [4.78, 5) is 0. The summed E-state index contributed by atoms with van der Waals surface area (Å²) in [5.74, 6) is -6.34. The second kappa shape index (κ2) is 11.7. The van der Waals surface area contributed by atoms with Crippen molar-refractivity contribution in [2.24, 2.45) is 0 Å². The summed E-state index contributed by atoms with van der Waals surface area (Å²) < 4.78 is 54.0. The quantitative estimate of drug-likeness (QED) is 0.215. The van der Waals surface area contributed by atoms with E-state index in [4.69, 9.17) is 5.26 Å². The second-order valence-electron chi connectivity index (χ2n) is 4.17. The SMILES string of the molecule is C=CCCc1c(F)c(F)c(C#N)c(F)c1F.C=CC[CH2][Mg][Br]. The molecule has 0 saturated heterocycles. The molecule has 0 heterocycles. The van der Waals surface area contributed by atoms with Crippen LogP contribution >= 0.6 is 12.9 Å². The van der Waals surface area contributed by atoms with E-state index >= 15 is 0 Å². The molecule has 1 rings (SSSR count). The molecule has 1 aromatic rings. The van der Waals surface area contributed by atoms with Gasteiger partial charge in [0.1, 0.15) is 11.6 Å². The smallest absolute Gasteiger partial charge is 0.307 e. The van der Waals surface area contributed by atoms with Crippen molar-refractivity contribution in [1.82, 2.24) is 0 Å². The van der Waals surface area contributed by atoms with Crippen molar-refractivity contribution in [1.29, 1.82) is 5.26 Å². The Morgan fingerprint density at radius 3 is 1.82 bits per heavy atom. The van der Waals surface area contributed by atoms with Gasteiger partial charge in [-0.05, 0) is 12.8 Å². The predicted octanol–water partition coefficient (Wildman–Crippen LogP) is 5.23. The van der Waals surface area contributed by atoms with Gasteiger partial charge in [-0.15, -0.1) is 17.7 Å². The molecular formula is C15H14BrF4MgN. The average Bonchev–Trinajstić information content (AvgIpc) is 2.52. The maximum atomic E-state index is 13.2. The van der Waals surface area contributed by atoms with Gasteiger partial charge in [-0.25, -0.2) is 17.6 Å². The van der Waals surface area contributed by atoms with Crippen LogP contribution in [0.3, 0.4) is 0 Å². The lowest BCUT2D eigenvalue weighted by Crippen LogP contribution is -2.06. The molecule has 7 heteroatoms. The summed E-state index contributed by atoms with van der Waals surface area (Å²) in [7, 11) is 0. The summed E-state index contributed by atoms with van der Waals surface area (Å²) in [5, 5.41) is 8.34. The molecule has 0 aliphatic carbocycles. The number of benzene rings is 1. The van der Waals surface area contributed by atoms with Crippen molar-refractivity contribution in [3.63, 3.8) is 0 Å². The van der Waals surface area contributed by atoms with Crippen LogP contribution in [0.4, 0.5) is 17.6 Å². The number of allylic oxidation sites excluding steroid dienone is 2. The minimum Gasteiger partial charge on any atom is -0.307 e. The maximum absolute atomic E-state index is 13.2. The number of nitriles is 1. The van der Waals surface area contributed by atoms with Crippen molar-refractivity contribution in [2.75, 3.05) is 0 Å². The van der Waals surface area contributed by atoms with Gasteiger partial charge < -0.3 is 12.9 Å². The molecule has 0 spiro atoms. The number of nitrogens with zero attached hydrogens (tertiary/aromatic N) is 1. The van der Waals surface area contributed by atoms with E-state index in [0.717, 1.165) is 6.07 Å². The van der Waals surface area contributed by atoms with E-state index in [1.54, 1.807) is 0 Å². The zero-order valence-electron chi connectivity index (χ0n) is 11.9. The third-order valence-electron chi connectivity index (χ3n) is 2.61. The van der Waals surface area contributed by atoms with Gasteiger partial charge in [0, 0.05) is 5.56 Å². The van der Waals surface area contributed by atoms with Crippen LogP contribution in [-0.4, -0.2) is 18.2 Å². The van der Waals surface area contributed by atoms with Crippen LogP contribution < -0.4 is 0 Å². The molecule has 0 aliphatic heterocycles. The predicted molar refractivity (Wildman–Crippen MR) is 83.8 cm³/mol. The van der Waals surface area contributed by atoms with Crippen LogP contribution in [0.5, 0.6) is 0 Å². The van der Waals surface area contributed by atoms with Gasteiger partial charge in [-0.3, -0.25) is 0 Å². The monoisotopic (exact) mass is 387 g/mol. The van der Waals surface area contributed by atoms with Crippen molar-refractivity contribution in [3.8, 4) is 6.07 Å². The van der Waals surface area contributed by atoms with Crippen molar-refractivity contribution in [3.05, 3.63) is 59.7 Å². The molecule has 0 atom stereocenters. The lowest BCUT2D eigenvalue weighted by molar-refractivity contribution is 0.435. The summed E-state index contributed by atoms with van der Waals surface area (Å²) >= 11 is 3.59. The molecule has 1 nitrogen and oxygen atoms in total. The number of hydrogen-bond acceptors (Lipinski definition) is 1. The molecule has 22 heavy (non-hydrogen) atoms. The average molecular weight is 388 g/mol. The lowest BCUT2D eigenvalue weighted by Gasteiger charge is -2.07. The Bertz CT molecular complexity index is 541. The van der Waals surface area contributed by atoms with Crippen LogP contribution in [0, 0.1) is 34.6 Å². The van der Waals surface area contributed by atoms with E-state index < -0.39 is 34.4 Å². The molecule has 0 aromatic heterocycles. The van der Waals surface area contributed by atoms with E-state index in [0.29, 0.717) is 0 Å². The normalized spacial score (nSPS) is 9.09. The highest BCUT2D eigenvalue weighted by Crippen LogP contribution is 2.24. The molecule has 0 fully saturated rings. The van der Waals surface area contributed by atoms with Gasteiger partial charge in [0.2, 0.25) is 0 Å². The minimum absolute atomic E-state index is 0.144. The van der Waals surface area contributed by atoms with E-state index in [1.807, 2.05) is 6.08 Å². The minimum atomic E-state index is -1.65. The Labute approximate surface area is 143 Å². The van der Waals surface area contributed by atoms with Gasteiger partial charge in [-0.2, -0.15) is 5.26 Å². The Morgan fingerprint density at radius 2 is 1.50 bits per heavy atom. The molecule has 116 valence electrons. The Kier molecular flexibility index (Phi) is 11.2. The maximum Gasteiger partial charge on any atom is 0.468 e. The van der Waals surface area contributed by atoms with Crippen LogP contribution in [0.2, 0.25) is 4.55 Å². The second-order valence-corrected chi connectivity index (χ2v) is 7.63. The van der Waals surface area contributed by atoms with Crippen molar-refractivity contribution in [2.45, 2.75) is 23.8 Å². The van der Waals surface area contributed by atoms with Crippen LogP contribution in [0.15, 0.2) is 25.3 Å². The van der Waals surface area contributed by atoms with Gasteiger partial charge >= 0.3 is 18.2 Å². The molecule has 0 unspecified atom stereocenters. The topological polar surface area (TPSA) is 23.8 Å². The molecule has 0 N–H and O–H groups in total. The van der Waals surface area contributed by atoms with Gasteiger partial charge in [0.15, 0.2) is 23.3 Å². The molecule has 0 radical (unpaired) electrons. The zero-order chi connectivity index (χ0) is 17.1. The Hall–Kier alpha value is -0.844. The van der Waals surface area contributed by atoms with Crippen LogP contribution in [0.25, 0.3) is 0 Å². The fraction of sp³-hybridized carbons (Fsp3) is 0.267. The Morgan fingerprint density at radius 1 is 1.00 bits per heavy atom. The lowest BCUT2D eigenvalue weighted by atomic mass is 10.0. The zero-order valence-corrected chi connectivity index (χ0v) is 14.9. The van der Waals surface area contributed by atoms with Gasteiger partial charge in [0.25, 0.3) is 0 Å². The summed E-state index contributed by atoms with van der Waals surface area (Å²) in [6.07, 6.45) is 4.50. The van der Waals surface area contributed by atoms with E-state index in [-0.39, 0.29) is 31.0 Å². The molecule has 0 amide bonds. The number of hydrogen-bond donors (Lipinski definition) is 0. The number of halogens is 5. The third kappa shape index (κ3) is 6.11. The highest BCUT2D eigenvalue weighted by molar-refractivity contribution is 9.23. The fourth-order valence-electron chi connectivity index (χ4n) is 1.46. The van der Waals surface area contributed by atoms with Crippen molar-refractivity contribution >= 4 is 31.1 Å². The first-order valence-electron chi connectivity index (χ1n) is 6.48. The largest absolute Gasteiger partial charge is 0.468 e. The standard InChI is InChI=1S/C11H7F4N.C4H7.BrH.Mg/c1-2-3-4-6-8(12)10(14)7(5-16)11(15)9(6)13;1-3-4-2;;/h2H,1,3-4H2;3H,1-2,4H2;1H;/q;;;+1/p-1. The van der Waals surface area contributed by atoms with Crippen molar-refractivity contribution < 1.29 is 17.6 Å². The van der Waals surface area contributed by atoms with Crippen LogP contribution in [-0.2, 0) is 6.42 Å². The third-order valence-corrected chi connectivity index (χ3v) is 4.96. The summed E-state index contributed by atoms with van der Waals surface area (Å²) in [6.45, 7) is 6.93. The highest BCUT2D eigenvalue weighted by Gasteiger charge is 2.24. The Balaban J connectivity index is 0.000000626.